The van der Waals surface area contributed by atoms with Gasteiger partial charge in [-0.25, -0.2) is 0 Å². The lowest BCUT2D eigenvalue weighted by Gasteiger charge is -2.32. The average Bonchev–Trinajstić information content (AvgIpc) is 2.64. The number of amides is 1. The Morgan fingerprint density at radius 3 is 2.85 bits per heavy atom. The minimum Gasteiger partial charge on any atom is -0.491 e. The maximum atomic E-state index is 12.8. The van der Waals surface area contributed by atoms with Crippen LogP contribution in [0.5, 0.6) is 5.75 Å². The molecular weight excluding hydrogens is 360 g/mol. The fourth-order valence-electron chi connectivity index (χ4n) is 3.44. The molecule has 2 aromatic carbocycles. The maximum absolute atomic E-state index is 12.8. The average molecular weight is 387 g/mol. The van der Waals surface area contributed by atoms with E-state index in [1.165, 1.54) is 0 Å². The molecule has 1 atom stereocenters. The molecular formula is C22H27ClN2O2. The number of anilines is 1. The quantitative estimate of drug-likeness (QED) is 0.761. The Morgan fingerprint density at radius 1 is 1.26 bits per heavy atom. The van der Waals surface area contributed by atoms with E-state index in [9.17, 15) is 4.79 Å². The molecule has 0 radical (unpaired) electrons. The molecule has 27 heavy (non-hydrogen) atoms. The van der Waals surface area contributed by atoms with E-state index >= 15 is 0 Å². The van der Waals surface area contributed by atoms with Gasteiger partial charge in [-0.1, -0.05) is 35.9 Å². The molecule has 1 heterocycles. The Morgan fingerprint density at radius 2 is 2.07 bits per heavy atom. The van der Waals surface area contributed by atoms with Crippen LogP contribution in [0.4, 0.5) is 5.69 Å². The van der Waals surface area contributed by atoms with Crippen LogP contribution < -0.4 is 10.1 Å². The van der Waals surface area contributed by atoms with Crippen molar-refractivity contribution in [2.24, 2.45) is 5.92 Å². The van der Waals surface area contributed by atoms with E-state index in [2.05, 4.69) is 10.2 Å². The molecule has 1 saturated heterocycles. The molecule has 3 rings (SSSR count). The molecule has 5 heteroatoms. The first kappa shape index (κ1) is 19.7. The van der Waals surface area contributed by atoms with Crippen molar-refractivity contribution in [3.63, 3.8) is 0 Å². The van der Waals surface area contributed by atoms with Crippen LogP contribution in [0.15, 0.2) is 48.5 Å². The van der Waals surface area contributed by atoms with Crippen LogP contribution in [-0.4, -0.2) is 30.0 Å². The van der Waals surface area contributed by atoms with Gasteiger partial charge in [-0.15, -0.1) is 0 Å². The number of benzene rings is 2. The highest BCUT2D eigenvalue weighted by molar-refractivity contribution is 6.31. The third-order valence-corrected chi connectivity index (χ3v) is 5.07. The number of likely N-dealkylation sites (tertiary alicyclic amines) is 1. The Bertz CT molecular complexity index is 778. The zero-order valence-corrected chi connectivity index (χ0v) is 16.7. The predicted octanol–water partition coefficient (Wildman–Crippen LogP) is 4.98. The smallest absolute Gasteiger partial charge is 0.228 e. The Kier molecular flexibility index (Phi) is 6.75. The second-order valence-electron chi connectivity index (χ2n) is 7.35. The van der Waals surface area contributed by atoms with Crippen molar-refractivity contribution in [1.82, 2.24) is 4.90 Å². The first-order valence-electron chi connectivity index (χ1n) is 9.54. The van der Waals surface area contributed by atoms with Gasteiger partial charge >= 0.3 is 0 Å². The first-order chi connectivity index (χ1) is 13.0. The van der Waals surface area contributed by atoms with Crippen molar-refractivity contribution in [3.05, 3.63) is 59.1 Å². The number of ether oxygens (including phenoxy) is 1. The van der Waals surface area contributed by atoms with Crippen LogP contribution in [0.3, 0.4) is 0 Å². The fourth-order valence-corrected chi connectivity index (χ4v) is 3.64. The number of rotatable bonds is 6. The van der Waals surface area contributed by atoms with Gasteiger partial charge < -0.3 is 10.1 Å². The lowest BCUT2D eigenvalue weighted by molar-refractivity contribution is -0.121. The summed E-state index contributed by atoms with van der Waals surface area (Å²) < 4.78 is 5.70. The van der Waals surface area contributed by atoms with Crippen LogP contribution in [0, 0.1) is 5.92 Å². The van der Waals surface area contributed by atoms with E-state index in [1.807, 2.05) is 62.4 Å². The summed E-state index contributed by atoms with van der Waals surface area (Å²) in [6.45, 7) is 6.49. The number of hydrogen-bond donors (Lipinski definition) is 1. The molecule has 1 N–H and O–H groups in total. The largest absolute Gasteiger partial charge is 0.491 e. The van der Waals surface area contributed by atoms with Gasteiger partial charge in [-0.05, 0) is 57.0 Å². The minimum atomic E-state index is -0.0177. The van der Waals surface area contributed by atoms with Crippen molar-refractivity contribution >= 4 is 23.2 Å². The minimum absolute atomic E-state index is 0.0177. The van der Waals surface area contributed by atoms with Gasteiger partial charge in [0.2, 0.25) is 5.91 Å². The van der Waals surface area contributed by atoms with Crippen LogP contribution in [0.2, 0.25) is 5.02 Å². The van der Waals surface area contributed by atoms with Gasteiger partial charge in [0.25, 0.3) is 0 Å². The highest BCUT2D eigenvalue weighted by Gasteiger charge is 2.26. The maximum Gasteiger partial charge on any atom is 0.228 e. The number of carbonyl (C=O) groups is 1. The summed E-state index contributed by atoms with van der Waals surface area (Å²) in [6.07, 6.45) is 2.03. The molecule has 4 nitrogen and oxygen atoms in total. The van der Waals surface area contributed by atoms with Crippen molar-refractivity contribution in [3.8, 4) is 5.75 Å². The second-order valence-corrected chi connectivity index (χ2v) is 7.76. The molecule has 1 amide bonds. The van der Waals surface area contributed by atoms with E-state index < -0.39 is 0 Å². The van der Waals surface area contributed by atoms with Gasteiger partial charge in [0.15, 0.2) is 0 Å². The second kappa shape index (κ2) is 9.25. The van der Waals surface area contributed by atoms with E-state index in [0.717, 1.165) is 54.5 Å². The summed E-state index contributed by atoms with van der Waals surface area (Å²) >= 11 is 6.28. The highest BCUT2D eigenvalue weighted by Crippen LogP contribution is 2.24. The summed E-state index contributed by atoms with van der Waals surface area (Å²) in [6, 6.07) is 15.5. The molecule has 0 saturated carbocycles. The third kappa shape index (κ3) is 5.72. The summed E-state index contributed by atoms with van der Waals surface area (Å²) in [5.74, 6) is 0.822. The van der Waals surface area contributed by atoms with Gasteiger partial charge in [0.1, 0.15) is 5.75 Å². The van der Waals surface area contributed by atoms with Crippen LogP contribution in [-0.2, 0) is 11.3 Å². The summed E-state index contributed by atoms with van der Waals surface area (Å²) in [5.41, 5.74) is 1.89. The lowest BCUT2D eigenvalue weighted by Crippen LogP contribution is -2.40. The van der Waals surface area contributed by atoms with Gasteiger partial charge in [0.05, 0.1) is 12.0 Å². The van der Waals surface area contributed by atoms with E-state index in [0.29, 0.717) is 0 Å². The summed E-state index contributed by atoms with van der Waals surface area (Å²) in [5, 5.41) is 3.83. The molecule has 1 unspecified atom stereocenters. The Balaban J connectivity index is 1.59. The lowest BCUT2D eigenvalue weighted by atomic mass is 9.96. The predicted molar refractivity (Wildman–Crippen MR) is 110 cm³/mol. The molecule has 2 aromatic rings. The standard InChI is InChI=1S/C22H27ClN2O2/c1-16(2)27-20-10-5-9-19(13-20)24-22(26)18-8-6-12-25(15-18)14-17-7-3-4-11-21(17)23/h3-5,7,9-11,13,16,18H,6,8,12,14-15H2,1-2H3,(H,24,26). The SMILES string of the molecule is CC(C)Oc1cccc(NC(=O)C2CCCN(Cc3ccccc3Cl)C2)c1. The Labute approximate surface area is 166 Å². The third-order valence-electron chi connectivity index (χ3n) is 4.70. The van der Waals surface area contributed by atoms with Crippen molar-refractivity contribution < 1.29 is 9.53 Å². The molecule has 0 bridgehead atoms. The molecule has 144 valence electrons. The topological polar surface area (TPSA) is 41.6 Å². The van der Waals surface area contributed by atoms with Gasteiger partial charge in [0, 0.05) is 29.9 Å². The molecule has 1 aliphatic heterocycles. The number of nitrogens with zero attached hydrogens (tertiary/aromatic N) is 1. The molecule has 0 aliphatic carbocycles. The van der Waals surface area contributed by atoms with Crippen molar-refractivity contribution in [2.45, 2.75) is 39.3 Å². The molecule has 0 aromatic heterocycles. The van der Waals surface area contributed by atoms with Crippen LogP contribution in [0.25, 0.3) is 0 Å². The molecule has 1 aliphatic rings. The Hall–Kier alpha value is -2.04. The van der Waals surface area contributed by atoms with Crippen molar-refractivity contribution in [1.29, 1.82) is 0 Å². The van der Waals surface area contributed by atoms with Crippen LogP contribution >= 0.6 is 11.6 Å². The summed E-state index contributed by atoms with van der Waals surface area (Å²) in [4.78, 5) is 15.1. The normalized spacial score (nSPS) is 17.7. The monoisotopic (exact) mass is 386 g/mol. The number of nitrogens with one attached hydrogen (secondary N) is 1. The molecule has 0 spiro atoms. The van der Waals surface area contributed by atoms with E-state index in [4.69, 9.17) is 16.3 Å². The number of carbonyl (C=O) groups excluding carboxylic acids is 1. The highest BCUT2D eigenvalue weighted by atomic mass is 35.5. The zero-order chi connectivity index (χ0) is 19.2. The summed E-state index contributed by atoms with van der Waals surface area (Å²) in [7, 11) is 0. The zero-order valence-electron chi connectivity index (χ0n) is 16.0. The number of halogens is 1. The van der Waals surface area contributed by atoms with Gasteiger partial charge in [-0.3, -0.25) is 9.69 Å². The number of hydrogen-bond acceptors (Lipinski definition) is 3. The first-order valence-corrected chi connectivity index (χ1v) is 9.92. The fraction of sp³-hybridized carbons (Fsp3) is 0.409. The van der Waals surface area contributed by atoms with Crippen molar-refractivity contribution in [2.75, 3.05) is 18.4 Å². The molecule has 1 fully saturated rings. The van der Waals surface area contributed by atoms with E-state index in [1.54, 1.807) is 0 Å². The van der Waals surface area contributed by atoms with Gasteiger partial charge in [-0.2, -0.15) is 0 Å². The van der Waals surface area contributed by atoms with E-state index in [-0.39, 0.29) is 17.9 Å². The van der Waals surface area contributed by atoms with Crippen LogP contribution in [0.1, 0.15) is 32.3 Å². The number of piperidine rings is 1.